The summed E-state index contributed by atoms with van der Waals surface area (Å²) in [5.41, 5.74) is 1.07. The molecule has 4 aliphatic rings. The number of pyridine rings is 1. The lowest BCUT2D eigenvalue weighted by atomic mass is 9.75. The molecule has 1 aromatic rings. The maximum Gasteiger partial charge on any atom is 0.291 e. The highest BCUT2D eigenvalue weighted by Gasteiger charge is 2.51. The highest BCUT2D eigenvalue weighted by atomic mass is 16.5. The summed E-state index contributed by atoms with van der Waals surface area (Å²) in [5.74, 6) is 1.45. The van der Waals surface area contributed by atoms with Gasteiger partial charge in [-0.15, -0.1) is 0 Å². The molecular formula is C15H20N4O. The van der Waals surface area contributed by atoms with Crippen molar-refractivity contribution >= 4 is 11.8 Å². The first-order valence-corrected chi connectivity index (χ1v) is 7.39. The SMILES string of the molecule is Cc1ccc(NC2=NC[C@@]3(CN4CCC3CC4)O2)nc1. The minimum absolute atomic E-state index is 0.0798. The molecule has 5 nitrogen and oxygen atoms in total. The summed E-state index contributed by atoms with van der Waals surface area (Å²) in [7, 11) is 0. The first kappa shape index (κ1) is 12.1. The van der Waals surface area contributed by atoms with Gasteiger partial charge in [0.2, 0.25) is 0 Å². The van der Waals surface area contributed by atoms with Crippen molar-refractivity contribution in [1.82, 2.24) is 9.88 Å². The van der Waals surface area contributed by atoms with Crippen molar-refractivity contribution in [2.75, 3.05) is 31.5 Å². The number of amidine groups is 1. The zero-order chi connectivity index (χ0) is 13.6. The Bertz CT molecular complexity index is 533. The molecule has 1 atom stereocenters. The Labute approximate surface area is 119 Å². The Balaban J connectivity index is 1.46. The molecule has 5 heterocycles. The van der Waals surface area contributed by atoms with Crippen LogP contribution in [-0.2, 0) is 4.74 Å². The Morgan fingerprint density at radius 1 is 1.35 bits per heavy atom. The highest BCUT2D eigenvalue weighted by Crippen LogP contribution is 2.40. The van der Waals surface area contributed by atoms with E-state index in [4.69, 9.17) is 4.74 Å². The van der Waals surface area contributed by atoms with Crippen molar-refractivity contribution in [2.24, 2.45) is 10.9 Å². The highest BCUT2D eigenvalue weighted by molar-refractivity contribution is 5.89. The van der Waals surface area contributed by atoms with Crippen LogP contribution in [0.25, 0.3) is 0 Å². The van der Waals surface area contributed by atoms with Crippen LogP contribution < -0.4 is 5.32 Å². The van der Waals surface area contributed by atoms with Crippen LogP contribution in [0.3, 0.4) is 0 Å². The smallest absolute Gasteiger partial charge is 0.291 e. The number of nitrogens with zero attached hydrogens (tertiary/aromatic N) is 3. The van der Waals surface area contributed by atoms with Crippen LogP contribution in [0.5, 0.6) is 0 Å². The first-order valence-electron chi connectivity index (χ1n) is 7.39. The van der Waals surface area contributed by atoms with Gasteiger partial charge in [-0.2, -0.15) is 0 Å². The average Bonchev–Trinajstić information content (AvgIpc) is 2.85. The number of piperidine rings is 3. The van der Waals surface area contributed by atoms with Gasteiger partial charge in [0, 0.05) is 18.7 Å². The lowest BCUT2D eigenvalue weighted by Gasteiger charge is -2.50. The van der Waals surface area contributed by atoms with Crippen molar-refractivity contribution < 1.29 is 4.74 Å². The van der Waals surface area contributed by atoms with E-state index in [1.54, 1.807) is 0 Å². The molecule has 0 aliphatic carbocycles. The second kappa shape index (κ2) is 4.45. The first-order chi connectivity index (χ1) is 9.73. The number of fused-ring (bicyclic) bond motifs is 2. The van der Waals surface area contributed by atoms with Crippen molar-refractivity contribution in [2.45, 2.75) is 25.4 Å². The number of nitrogens with one attached hydrogen (secondary N) is 1. The third kappa shape index (κ3) is 1.97. The Kier molecular flexibility index (Phi) is 2.70. The van der Waals surface area contributed by atoms with Crippen molar-refractivity contribution in [3.05, 3.63) is 23.9 Å². The van der Waals surface area contributed by atoms with E-state index in [0.717, 1.165) is 24.5 Å². The lowest BCUT2D eigenvalue weighted by Crippen LogP contribution is -2.61. The number of ether oxygens (including phenoxy) is 1. The van der Waals surface area contributed by atoms with Gasteiger partial charge in [0.05, 0.1) is 6.54 Å². The van der Waals surface area contributed by atoms with Gasteiger partial charge in [-0.3, -0.25) is 10.2 Å². The van der Waals surface area contributed by atoms with E-state index < -0.39 is 0 Å². The summed E-state index contributed by atoms with van der Waals surface area (Å²) in [6, 6.07) is 4.63. The summed E-state index contributed by atoms with van der Waals surface area (Å²) < 4.78 is 6.22. The standard InChI is InChI=1S/C15H20N4O/c1-11-2-3-13(16-8-11)18-14-17-9-15(20-14)10-19-6-4-12(15)5-7-19/h2-3,8,12H,4-7,9-10H2,1H3,(H,16,17,18)/t15-/m0/s1. The Hall–Kier alpha value is -1.62. The minimum Gasteiger partial charge on any atom is -0.455 e. The molecule has 5 heteroatoms. The summed E-state index contributed by atoms with van der Waals surface area (Å²) in [6.07, 6.45) is 4.33. The van der Waals surface area contributed by atoms with Gasteiger partial charge in [-0.05, 0) is 44.5 Å². The van der Waals surface area contributed by atoms with Gasteiger partial charge in [0.25, 0.3) is 6.02 Å². The monoisotopic (exact) mass is 272 g/mol. The fourth-order valence-corrected chi connectivity index (χ4v) is 3.60. The fraction of sp³-hybridized carbons (Fsp3) is 0.600. The number of anilines is 1. The molecule has 1 N–H and O–H groups in total. The molecule has 5 rings (SSSR count). The quantitative estimate of drug-likeness (QED) is 0.844. The molecule has 20 heavy (non-hydrogen) atoms. The molecule has 0 amide bonds. The van der Waals surface area contributed by atoms with Gasteiger partial charge in [0.1, 0.15) is 11.4 Å². The van der Waals surface area contributed by atoms with E-state index in [2.05, 4.69) is 20.2 Å². The fourth-order valence-electron chi connectivity index (χ4n) is 3.60. The topological polar surface area (TPSA) is 49.8 Å². The molecule has 0 saturated carbocycles. The van der Waals surface area contributed by atoms with Crippen LogP contribution in [-0.4, -0.2) is 47.7 Å². The molecular weight excluding hydrogens is 252 g/mol. The second-order valence-electron chi connectivity index (χ2n) is 6.18. The molecule has 2 bridgehead atoms. The second-order valence-corrected chi connectivity index (χ2v) is 6.18. The molecule has 1 aromatic heterocycles. The third-order valence-electron chi connectivity index (χ3n) is 4.76. The van der Waals surface area contributed by atoms with Crippen LogP contribution in [0.2, 0.25) is 0 Å². The minimum atomic E-state index is -0.0798. The molecule has 3 saturated heterocycles. The van der Waals surface area contributed by atoms with Crippen LogP contribution in [0.1, 0.15) is 18.4 Å². The molecule has 106 valence electrons. The summed E-state index contributed by atoms with van der Waals surface area (Å²) in [6.45, 7) is 6.27. The maximum atomic E-state index is 6.22. The zero-order valence-electron chi connectivity index (χ0n) is 11.8. The molecule has 0 aromatic carbocycles. The van der Waals surface area contributed by atoms with Crippen LogP contribution >= 0.6 is 0 Å². The Morgan fingerprint density at radius 2 is 2.20 bits per heavy atom. The van der Waals surface area contributed by atoms with E-state index in [0.29, 0.717) is 11.9 Å². The van der Waals surface area contributed by atoms with E-state index in [1.807, 2.05) is 25.3 Å². The summed E-state index contributed by atoms with van der Waals surface area (Å²) >= 11 is 0. The van der Waals surface area contributed by atoms with Crippen LogP contribution in [0.15, 0.2) is 23.3 Å². The molecule has 3 fully saturated rings. The van der Waals surface area contributed by atoms with Gasteiger partial charge < -0.3 is 4.74 Å². The van der Waals surface area contributed by atoms with Gasteiger partial charge in [-0.1, -0.05) is 6.07 Å². The summed E-state index contributed by atoms with van der Waals surface area (Å²) in [4.78, 5) is 11.4. The van der Waals surface area contributed by atoms with E-state index in [1.165, 1.54) is 25.9 Å². The molecule has 4 aliphatic heterocycles. The van der Waals surface area contributed by atoms with Crippen molar-refractivity contribution in [1.29, 1.82) is 0 Å². The third-order valence-corrected chi connectivity index (χ3v) is 4.76. The lowest BCUT2D eigenvalue weighted by molar-refractivity contribution is -0.0829. The molecule has 1 spiro atoms. The predicted octanol–water partition coefficient (Wildman–Crippen LogP) is 1.65. The number of aliphatic imine (C=N–C) groups is 1. The summed E-state index contributed by atoms with van der Waals surface area (Å²) in [5, 5.41) is 3.20. The van der Waals surface area contributed by atoms with Crippen molar-refractivity contribution in [3.63, 3.8) is 0 Å². The normalized spacial score (nSPS) is 35.0. The predicted molar refractivity (Wildman–Crippen MR) is 77.9 cm³/mol. The zero-order valence-corrected chi connectivity index (χ0v) is 11.8. The molecule has 0 radical (unpaired) electrons. The number of hydrogen-bond acceptors (Lipinski definition) is 5. The van der Waals surface area contributed by atoms with Gasteiger partial charge in [-0.25, -0.2) is 9.98 Å². The van der Waals surface area contributed by atoms with Gasteiger partial charge in [0.15, 0.2) is 0 Å². The maximum absolute atomic E-state index is 6.22. The largest absolute Gasteiger partial charge is 0.455 e. The number of hydrogen-bond donors (Lipinski definition) is 1. The van der Waals surface area contributed by atoms with Crippen LogP contribution in [0.4, 0.5) is 5.82 Å². The van der Waals surface area contributed by atoms with E-state index >= 15 is 0 Å². The average molecular weight is 272 g/mol. The number of aromatic nitrogens is 1. The molecule has 0 unspecified atom stereocenters. The van der Waals surface area contributed by atoms with Gasteiger partial charge >= 0.3 is 0 Å². The Morgan fingerprint density at radius 3 is 2.85 bits per heavy atom. The van der Waals surface area contributed by atoms with E-state index in [9.17, 15) is 0 Å². The van der Waals surface area contributed by atoms with E-state index in [-0.39, 0.29) is 5.60 Å². The van der Waals surface area contributed by atoms with Crippen LogP contribution in [0, 0.1) is 12.8 Å². The number of aryl methyl sites for hydroxylation is 1. The van der Waals surface area contributed by atoms with Crippen molar-refractivity contribution in [3.8, 4) is 0 Å². The number of rotatable bonds is 1.